The number of hydroxylamine groups is 2. The number of hydrogen-bond acceptors (Lipinski definition) is 6. The van der Waals surface area contributed by atoms with Gasteiger partial charge in [0.1, 0.15) is 5.78 Å². The molecule has 1 rings (SSSR count). The van der Waals surface area contributed by atoms with Crippen molar-refractivity contribution in [3.05, 3.63) is 0 Å². The Hall–Kier alpha value is -1.72. The maximum Gasteiger partial charge on any atom is 0.334 e. The molecule has 128 valence electrons. The number of imide groups is 1. The molecule has 0 unspecified atom stereocenters. The zero-order valence-electron chi connectivity index (χ0n) is 12.4. The largest absolute Gasteiger partial charge is 0.338 e. The van der Waals surface area contributed by atoms with E-state index in [0.717, 1.165) is 0 Å². The van der Waals surface area contributed by atoms with Crippen LogP contribution in [0.2, 0.25) is 0 Å². The van der Waals surface area contributed by atoms with Gasteiger partial charge in [0.15, 0.2) is 0 Å². The van der Waals surface area contributed by atoms with Crippen LogP contribution in [0.3, 0.4) is 0 Å². The number of urea groups is 1. The summed E-state index contributed by atoms with van der Waals surface area (Å²) in [4.78, 5) is 61.0. The Balaban J connectivity index is 2.10. The van der Waals surface area contributed by atoms with Crippen LogP contribution < -0.4 is 10.6 Å². The molecule has 0 saturated carbocycles. The van der Waals surface area contributed by atoms with Gasteiger partial charge in [-0.3, -0.25) is 14.4 Å². The maximum atomic E-state index is 11.5. The SMILES string of the molecule is O=C(CI)CCCNC(=O)NCCC(=O)ON1C(=O)CCC1=O. The van der Waals surface area contributed by atoms with Gasteiger partial charge in [-0.2, -0.15) is 0 Å². The molecule has 0 aliphatic carbocycles. The normalized spacial score (nSPS) is 13.9. The van der Waals surface area contributed by atoms with Crippen LogP contribution in [0.1, 0.15) is 32.1 Å². The summed E-state index contributed by atoms with van der Waals surface area (Å²) in [6, 6.07) is -0.465. The van der Waals surface area contributed by atoms with E-state index in [4.69, 9.17) is 0 Å². The van der Waals surface area contributed by atoms with Gasteiger partial charge in [0.05, 0.1) is 10.8 Å². The van der Waals surface area contributed by atoms with Crippen molar-refractivity contribution in [2.75, 3.05) is 17.5 Å². The van der Waals surface area contributed by atoms with Gasteiger partial charge in [-0.1, -0.05) is 22.6 Å². The third-order valence-corrected chi connectivity index (χ3v) is 3.73. The van der Waals surface area contributed by atoms with Crippen molar-refractivity contribution < 1.29 is 28.8 Å². The third-order valence-electron chi connectivity index (χ3n) is 2.88. The average molecular weight is 439 g/mol. The predicted molar refractivity (Wildman–Crippen MR) is 86.3 cm³/mol. The molecular formula is C13H18IN3O6. The molecule has 23 heavy (non-hydrogen) atoms. The second-order valence-corrected chi connectivity index (χ2v) is 5.52. The molecule has 0 aromatic carbocycles. The molecule has 1 heterocycles. The van der Waals surface area contributed by atoms with E-state index in [1.54, 1.807) is 0 Å². The topological polar surface area (TPSA) is 122 Å². The first-order valence-corrected chi connectivity index (χ1v) is 8.62. The van der Waals surface area contributed by atoms with Crippen LogP contribution in [0.4, 0.5) is 4.79 Å². The molecular weight excluding hydrogens is 421 g/mol. The van der Waals surface area contributed by atoms with Gasteiger partial charge in [0.25, 0.3) is 11.8 Å². The fraction of sp³-hybridized carbons (Fsp3) is 0.615. The van der Waals surface area contributed by atoms with Crippen molar-refractivity contribution in [3.63, 3.8) is 0 Å². The number of hydrogen-bond donors (Lipinski definition) is 2. The number of Topliss-reactive ketones (excluding diaryl/α,β-unsaturated/α-hetero) is 1. The molecule has 0 spiro atoms. The monoisotopic (exact) mass is 439 g/mol. The van der Waals surface area contributed by atoms with Crippen molar-refractivity contribution in [2.45, 2.75) is 32.1 Å². The van der Waals surface area contributed by atoms with Crippen molar-refractivity contribution >= 4 is 52.2 Å². The summed E-state index contributed by atoms with van der Waals surface area (Å²) in [5.74, 6) is -1.74. The lowest BCUT2D eigenvalue weighted by atomic mass is 10.2. The number of rotatable bonds is 9. The van der Waals surface area contributed by atoms with Crippen LogP contribution in [0.25, 0.3) is 0 Å². The summed E-state index contributed by atoms with van der Waals surface area (Å²) in [6.07, 6.45) is 0.862. The molecule has 1 aliphatic heterocycles. The van der Waals surface area contributed by atoms with Gasteiger partial charge >= 0.3 is 12.0 Å². The summed E-state index contributed by atoms with van der Waals surface area (Å²) in [7, 11) is 0. The highest BCUT2D eigenvalue weighted by atomic mass is 127. The number of nitrogens with one attached hydrogen (secondary N) is 2. The molecule has 1 fully saturated rings. The highest BCUT2D eigenvalue weighted by Gasteiger charge is 2.32. The van der Waals surface area contributed by atoms with Crippen LogP contribution in [0.15, 0.2) is 0 Å². The number of carbonyl (C=O) groups is 5. The Bertz CT molecular complexity index is 480. The number of halogens is 1. The predicted octanol–water partition coefficient (Wildman–Crippen LogP) is 0.0672. The van der Waals surface area contributed by atoms with Gasteiger partial charge in [-0.05, 0) is 6.42 Å². The van der Waals surface area contributed by atoms with E-state index in [-0.39, 0.29) is 31.6 Å². The lowest BCUT2D eigenvalue weighted by Crippen LogP contribution is -2.38. The zero-order chi connectivity index (χ0) is 17.2. The molecule has 1 saturated heterocycles. The van der Waals surface area contributed by atoms with E-state index >= 15 is 0 Å². The molecule has 1 aliphatic rings. The van der Waals surface area contributed by atoms with Crippen LogP contribution >= 0.6 is 22.6 Å². The summed E-state index contributed by atoms with van der Waals surface area (Å²) in [6.45, 7) is 0.364. The van der Waals surface area contributed by atoms with Crippen LogP contribution in [0.5, 0.6) is 0 Å². The highest BCUT2D eigenvalue weighted by molar-refractivity contribution is 14.1. The second-order valence-electron chi connectivity index (χ2n) is 4.75. The Morgan fingerprint density at radius 1 is 1.04 bits per heavy atom. The average Bonchev–Trinajstić information content (AvgIpc) is 2.83. The fourth-order valence-corrected chi connectivity index (χ4v) is 2.08. The van der Waals surface area contributed by atoms with Gasteiger partial charge in [0, 0.05) is 32.4 Å². The van der Waals surface area contributed by atoms with E-state index in [1.165, 1.54) is 0 Å². The molecule has 0 radical (unpaired) electrons. The minimum atomic E-state index is -0.776. The van der Waals surface area contributed by atoms with Crippen LogP contribution in [-0.4, -0.2) is 52.2 Å². The maximum absolute atomic E-state index is 11.5. The van der Waals surface area contributed by atoms with E-state index in [9.17, 15) is 24.0 Å². The van der Waals surface area contributed by atoms with E-state index < -0.39 is 23.8 Å². The second kappa shape index (κ2) is 10.1. The Morgan fingerprint density at radius 2 is 1.65 bits per heavy atom. The van der Waals surface area contributed by atoms with Gasteiger partial charge < -0.3 is 15.5 Å². The van der Waals surface area contributed by atoms with Gasteiger partial charge in [-0.25, -0.2) is 9.59 Å². The number of alkyl halides is 1. The first kappa shape index (κ1) is 19.3. The van der Waals surface area contributed by atoms with Crippen molar-refractivity contribution in [2.24, 2.45) is 0 Å². The zero-order valence-corrected chi connectivity index (χ0v) is 14.6. The fourth-order valence-electron chi connectivity index (χ4n) is 1.70. The number of carbonyl (C=O) groups excluding carboxylic acids is 5. The molecule has 0 atom stereocenters. The number of ketones is 1. The van der Waals surface area contributed by atoms with E-state index in [2.05, 4.69) is 15.5 Å². The lowest BCUT2D eigenvalue weighted by molar-refractivity contribution is -0.197. The van der Waals surface area contributed by atoms with Crippen molar-refractivity contribution in [1.82, 2.24) is 15.7 Å². The smallest absolute Gasteiger partial charge is 0.334 e. The summed E-state index contributed by atoms with van der Waals surface area (Å²) in [5, 5.41) is 5.45. The molecule has 2 N–H and O–H groups in total. The Labute approximate surface area is 146 Å². The highest BCUT2D eigenvalue weighted by Crippen LogP contribution is 2.12. The van der Waals surface area contributed by atoms with Gasteiger partial charge in [0.2, 0.25) is 0 Å². The third kappa shape index (κ3) is 7.39. The Kier molecular flexibility index (Phi) is 8.51. The number of nitrogens with zero attached hydrogens (tertiary/aromatic N) is 1. The molecule has 0 aromatic heterocycles. The minimum absolute atomic E-state index is 0.00751. The number of amides is 4. The quantitative estimate of drug-likeness (QED) is 0.227. The Morgan fingerprint density at radius 3 is 2.26 bits per heavy atom. The lowest BCUT2D eigenvalue weighted by Gasteiger charge is -2.12. The molecule has 0 bridgehead atoms. The standard InChI is InChI=1S/C13H18IN3O6/c14-8-9(18)2-1-6-15-13(22)16-7-5-12(21)23-17-10(19)3-4-11(17)20/h1-8H2,(H2,15,16,22). The van der Waals surface area contributed by atoms with Crippen molar-refractivity contribution in [1.29, 1.82) is 0 Å². The van der Waals surface area contributed by atoms with Crippen molar-refractivity contribution in [3.8, 4) is 0 Å². The summed E-state index contributed by atoms with van der Waals surface area (Å²) < 4.78 is 0.452. The first-order chi connectivity index (χ1) is 10.9. The van der Waals surface area contributed by atoms with Gasteiger partial charge in [-0.15, -0.1) is 5.06 Å². The minimum Gasteiger partial charge on any atom is -0.338 e. The molecule has 10 heteroatoms. The summed E-state index contributed by atoms with van der Waals surface area (Å²) >= 11 is 1.98. The van der Waals surface area contributed by atoms with Crippen LogP contribution in [-0.2, 0) is 24.0 Å². The molecule has 4 amide bonds. The van der Waals surface area contributed by atoms with E-state index in [0.29, 0.717) is 28.9 Å². The van der Waals surface area contributed by atoms with Crippen LogP contribution in [0, 0.1) is 0 Å². The molecule has 9 nitrogen and oxygen atoms in total. The molecule has 0 aromatic rings. The van der Waals surface area contributed by atoms with E-state index in [1.807, 2.05) is 22.6 Å². The first-order valence-electron chi connectivity index (χ1n) is 7.10. The summed E-state index contributed by atoms with van der Waals surface area (Å²) in [5.41, 5.74) is 0.